The summed E-state index contributed by atoms with van der Waals surface area (Å²) in [4.78, 5) is 12.1. The highest BCUT2D eigenvalue weighted by Crippen LogP contribution is 2.36. The van der Waals surface area contributed by atoms with E-state index in [4.69, 9.17) is 16.9 Å². The molecule has 0 aliphatic carbocycles. The molecule has 0 bridgehead atoms. The van der Waals surface area contributed by atoms with Crippen LogP contribution in [0.15, 0.2) is 60.3 Å². The van der Waals surface area contributed by atoms with Crippen LogP contribution in [0.3, 0.4) is 0 Å². The predicted octanol–water partition coefficient (Wildman–Crippen LogP) is 4.49. The monoisotopic (exact) mass is 379 g/mol. The summed E-state index contributed by atoms with van der Waals surface area (Å²) in [6.45, 7) is 0.387. The van der Waals surface area contributed by atoms with Gasteiger partial charge in [0.05, 0.1) is 10.6 Å². The van der Waals surface area contributed by atoms with Crippen molar-refractivity contribution in [2.24, 2.45) is 0 Å². The fourth-order valence-electron chi connectivity index (χ4n) is 2.03. The maximum Gasteiger partial charge on any atom is 0.417 e. The van der Waals surface area contributed by atoms with E-state index in [1.54, 1.807) is 6.07 Å². The van der Waals surface area contributed by atoms with Crippen molar-refractivity contribution >= 4 is 23.2 Å². The summed E-state index contributed by atoms with van der Waals surface area (Å²) in [5.41, 5.74) is -0.518. The zero-order valence-electron chi connectivity index (χ0n) is 13.3. The number of carbonyl (C=O) groups excluding carboxylic acids is 1. The lowest BCUT2D eigenvalue weighted by Gasteiger charge is -2.11. The highest BCUT2D eigenvalue weighted by atomic mass is 35.5. The predicted molar refractivity (Wildman–Crippen MR) is 92.1 cm³/mol. The Morgan fingerprint density at radius 2 is 1.88 bits per heavy atom. The van der Waals surface area contributed by atoms with Crippen molar-refractivity contribution in [2.45, 2.75) is 12.7 Å². The van der Waals surface area contributed by atoms with Gasteiger partial charge in [-0.25, -0.2) is 0 Å². The van der Waals surface area contributed by atoms with Crippen molar-refractivity contribution in [3.8, 4) is 6.07 Å². The molecule has 8 heteroatoms. The van der Waals surface area contributed by atoms with E-state index in [0.717, 1.165) is 11.6 Å². The summed E-state index contributed by atoms with van der Waals surface area (Å²) in [5, 5.41) is 13.7. The Hall–Kier alpha value is -2.98. The zero-order valence-corrected chi connectivity index (χ0v) is 14.0. The lowest BCUT2D eigenvalue weighted by atomic mass is 10.2. The average molecular weight is 380 g/mol. The number of nitrogens with one attached hydrogen (secondary N) is 2. The lowest BCUT2D eigenvalue weighted by molar-refractivity contribution is -0.137. The Kier molecular flexibility index (Phi) is 6.26. The maximum absolute atomic E-state index is 12.8. The summed E-state index contributed by atoms with van der Waals surface area (Å²) in [6, 6.07) is 13.9. The Morgan fingerprint density at radius 3 is 2.50 bits per heavy atom. The first-order valence-corrected chi connectivity index (χ1v) is 7.74. The minimum Gasteiger partial charge on any atom is -0.386 e. The number of nitrogens with zero attached hydrogens (tertiary/aromatic N) is 1. The van der Waals surface area contributed by atoms with Gasteiger partial charge < -0.3 is 10.6 Å². The molecular formula is C18H13ClF3N3O. The molecule has 0 aromatic heterocycles. The molecule has 134 valence electrons. The first-order chi connectivity index (χ1) is 12.3. The Labute approximate surface area is 152 Å². The molecule has 2 rings (SSSR count). The quantitative estimate of drug-likeness (QED) is 0.594. The van der Waals surface area contributed by atoms with Gasteiger partial charge in [-0.05, 0) is 23.8 Å². The van der Waals surface area contributed by atoms with E-state index in [-0.39, 0.29) is 11.3 Å². The Bertz CT molecular complexity index is 858. The second-order valence-electron chi connectivity index (χ2n) is 5.18. The van der Waals surface area contributed by atoms with Gasteiger partial charge in [0.1, 0.15) is 11.6 Å². The van der Waals surface area contributed by atoms with Crippen molar-refractivity contribution < 1.29 is 18.0 Å². The number of carbonyl (C=O) groups is 1. The molecule has 0 saturated heterocycles. The van der Waals surface area contributed by atoms with Gasteiger partial charge in [0.15, 0.2) is 0 Å². The number of halogens is 4. The summed E-state index contributed by atoms with van der Waals surface area (Å²) in [6.07, 6.45) is -3.44. The second-order valence-corrected chi connectivity index (χ2v) is 5.59. The summed E-state index contributed by atoms with van der Waals surface area (Å²) in [5.74, 6) is -0.830. The first-order valence-electron chi connectivity index (χ1n) is 7.37. The third-order valence-electron chi connectivity index (χ3n) is 3.29. The molecule has 4 nitrogen and oxygen atoms in total. The van der Waals surface area contributed by atoms with Gasteiger partial charge in [0.2, 0.25) is 0 Å². The van der Waals surface area contributed by atoms with Crippen LogP contribution in [0.5, 0.6) is 0 Å². The lowest BCUT2D eigenvalue weighted by Crippen LogP contribution is -2.17. The number of hydrogen-bond acceptors (Lipinski definition) is 3. The van der Waals surface area contributed by atoms with E-state index < -0.39 is 22.7 Å². The van der Waals surface area contributed by atoms with Crippen molar-refractivity contribution in [3.63, 3.8) is 0 Å². The van der Waals surface area contributed by atoms with Crippen LogP contribution in [-0.2, 0) is 17.5 Å². The van der Waals surface area contributed by atoms with Crippen molar-refractivity contribution in [2.75, 3.05) is 5.32 Å². The Morgan fingerprint density at radius 1 is 1.19 bits per heavy atom. The highest BCUT2D eigenvalue weighted by molar-refractivity contribution is 6.31. The van der Waals surface area contributed by atoms with Gasteiger partial charge in [0, 0.05) is 18.4 Å². The fraction of sp³-hybridized carbons (Fsp3) is 0.111. The van der Waals surface area contributed by atoms with Crippen molar-refractivity contribution in [1.82, 2.24) is 5.32 Å². The molecule has 0 unspecified atom stereocenters. The topological polar surface area (TPSA) is 64.9 Å². The van der Waals surface area contributed by atoms with E-state index in [0.29, 0.717) is 12.6 Å². The van der Waals surface area contributed by atoms with Crippen LogP contribution < -0.4 is 10.6 Å². The average Bonchev–Trinajstić information content (AvgIpc) is 2.60. The molecule has 0 atom stereocenters. The largest absolute Gasteiger partial charge is 0.417 e. The normalized spacial score (nSPS) is 11.6. The first kappa shape index (κ1) is 19.3. The van der Waals surface area contributed by atoms with Gasteiger partial charge in [-0.15, -0.1) is 0 Å². The fourth-order valence-corrected chi connectivity index (χ4v) is 2.26. The maximum atomic E-state index is 12.8. The standard InChI is InChI=1S/C18H13ClF3N3O/c19-16-7-6-14(8-15(16)18(20,21)22)25-17(26)13(9-23)11-24-10-12-4-2-1-3-5-12/h1-8,11,24H,10H2,(H,25,26)/b13-11-. The number of anilines is 1. The molecule has 0 aliphatic rings. The SMILES string of the molecule is N#C/C(=C/NCc1ccccc1)C(=O)Nc1ccc(Cl)c(C(F)(F)F)c1. The van der Waals surface area contributed by atoms with Crippen LogP contribution in [0.2, 0.25) is 5.02 Å². The smallest absolute Gasteiger partial charge is 0.386 e. The van der Waals surface area contributed by atoms with E-state index >= 15 is 0 Å². The molecule has 0 saturated carbocycles. The minimum absolute atomic E-state index is 0.115. The van der Waals surface area contributed by atoms with Crippen LogP contribution in [0, 0.1) is 11.3 Å². The Balaban J connectivity index is 2.07. The third kappa shape index (κ3) is 5.26. The number of amides is 1. The molecule has 26 heavy (non-hydrogen) atoms. The van der Waals surface area contributed by atoms with Gasteiger partial charge >= 0.3 is 6.18 Å². The molecule has 2 N–H and O–H groups in total. The zero-order chi connectivity index (χ0) is 19.2. The molecule has 0 fully saturated rings. The summed E-state index contributed by atoms with van der Waals surface area (Å²) >= 11 is 5.53. The van der Waals surface area contributed by atoms with E-state index in [2.05, 4.69) is 10.6 Å². The van der Waals surface area contributed by atoms with E-state index in [1.165, 1.54) is 12.3 Å². The molecular weight excluding hydrogens is 367 g/mol. The molecule has 1 amide bonds. The van der Waals surface area contributed by atoms with Gasteiger partial charge in [0.25, 0.3) is 5.91 Å². The van der Waals surface area contributed by atoms with Crippen LogP contribution in [0.25, 0.3) is 0 Å². The molecule has 0 spiro atoms. The highest BCUT2D eigenvalue weighted by Gasteiger charge is 2.33. The van der Waals surface area contributed by atoms with Crippen molar-refractivity contribution in [3.05, 3.63) is 76.5 Å². The van der Waals surface area contributed by atoms with E-state index in [9.17, 15) is 18.0 Å². The molecule has 0 aliphatic heterocycles. The van der Waals surface area contributed by atoms with Crippen LogP contribution in [0.4, 0.5) is 18.9 Å². The van der Waals surface area contributed by atoms with Crippen LogP contribution in [0.1, 0.15) is 11.1 Å². The molecule has 0 radical (unpaired) electrons. The number of rotatable bonds is 5. The third-order valence-corrected chi connectivity index (χ3v) is 3.62. The van der Waals surface area contributed by atoms with Crippen LogP contribution >= 0.6 is 11.6 Å². The van der Waals surface area contributed by atoms with Crippen LogP contribution in [-0.4, -0.2) is 5.91 Å². The van der Waals surface area contributed by atoms with Gasteiger partial charge in [-0.3, -0.25) is 4.79 Å². The molecule has 0 heterocycles. The molecule has 2 aromatic carbocycles. The van der Waals surface area contributed by atoms with E-state index in [1.807, 2.05) is 30.3 Å². The summed E-state index contributed by atoms with van der Waals surface area (Å²) in [7, 11) is 0. The number of alkyl halides is 3. The number of benzene rings is 2. The number of nitriles is 1. The number of hydrogen-bond donors (Lipinski definition) is 2. The van der Waals surface area contributed by atoms with Crippen molar-refractivity contribution in [1.29, 1.82) is 5.26 Å². The van der Waals surface area contributed by atoms with Gasteiger partial charge in [-0.1, -0.05) is 41.9 Å². The van der Waals surface area contributed by atoms with Gasteiger partial charge in [-0.2, -0.15) is 18.4 Å². The molecule has 2 aromatic rings. The second kappa shape index (κ2) is 8.41. The summed E-state index contributed by atoms with van der Waals surface area (Å²) < 4.78 is 38.5. The minimum atomic E-state index is -4.65.